The van der Waals surface area contributed by atoms with Gasteiger partial charge in [-0.15, -0.1) is 0 Å². The number of aliphatic hydroxyl groups excluding tert-OH is 1. The lowest BCUT2D eigenvalue weighted by Gasteiger charge is -2.06. The molecule has 1 aromatic carbocycles. The molecule has 3 heteroatoms. The van der Waals surface area contributed by atoms with Crippen molar-refractivity contribution < 1.29 is 9.90 Å². The minimum Gasteiger partial charge on any atom is -0.388 e. The molecule has 1 unspecified atom stereocenters. The third kappa shape index (κ3) is 4.53. The summed E-state index contributed by atoms with van der Waals surface area (Å²) in [5, 5.41) is 9.39. The fraction of sp³-hybridized carbons (Fsp3) is 0.364. The molecule has 0 fully saturated rings. The maximum atomic E-state index is 10.1. The van der Waals surface area contributed by atoms with Crippen molar-refractivity contribution in [3.05, 3.63) is 34.3 Å². The van der Waals surface area contributed by atoms with E-state index < -0.39 is 6.10 Å². The Morgan fingerprint density at radius 2 is 2.14 bits per heavy atom. The SMILES string of the molecule is CC.O=CCC(O)c1cccc(Br)c1. The Hall–Kier alpha value is -0.670. The van der Waals surface area contributed by atoms with Crippen LogP contribution in [0.3, 0.4) is 0 Å². The molecule has 0 aliphatic heterocycles. The lowest BCUT2D eigenvalue weighted by Crippen LogP contribution is -1.97. The number of carbonyl (C=O) groups is 1. The van der Waals surface area contributed by atoms with E-state index in [1.54, 1.807) is 12.1 Å². The number of carbonyl (C=O) groups excluding carboxylic acids is 1. The third-order valence-electron chi connectivity index (χ3n) is 1.55. The standard InChI is InChI=1S/C9H9BrO2.C2H6/c10-8-3-1-2-7(6-8)9(12)4-5-11;1-2/h1-3,5-6,9,12H,4H2;1-2H3. The molecule has 0 aliphatic carbocycles. The third-order valence-corrected chi connectivity index (χ3v) is 2.05. The summed E-state index contributed by atoms with van der Waals surface area (Å²) in [6.45, 7) is 4.00. The van der Waals surface area contributed by atoms with Crippen LogP contribution in [0.4, 0.5) is 0 Å². The minimum atomic E-state index is -0.681. The first-order valence-corrected chi connectivity index (χ1v) is 5.40. The quantitative estimate of drug-likeness (QED) is 0.847. The second kappa shape index (κ2) is 7.71. The van der Waals surface area contributed by atoms with Gasteiger partial charge >= 0.3 is 0 Å². The molecule has 1 N–H and O–H groups in total. The summed E-state index contributed by atoms with van der Waals surface area (Å²) in [5.41, 5.74) is 0.761. The Kier molecular flexibility index (Phi) is 7.34. The van der Waals surface area contributed by atoms with Gasteiger partial charge in [-0.05, 0) is 17.7 Å². The van der Waals surface area contributed by atoms with Crippen LogP contribution in [-0.4, -0.2) is 11.4 Å². The molecule has 78 valence electrons. The van der Waals surface area contributed by atoms with Gasteiger partial charge in [-0.25, -0.2) is 0 Å². The molecular formula is C11H15BrO2. The molecule has 1 aromatic rings. The first-order chi connectivity index (χ1) is 6.74. The molecule has 0 spiro atoms. The van der Waals surface area contributed by atoms with Crippen molar-refractivity contribution in [2.75, 3.05) is 0 Å². The van der Waals surface area contributed by atoms with Crippen molar-refractivity contribution in [3.8, 4) is 0 Å². The van der Waals surface area contributed by atoms with E-state index in [0.29, 0.717) is 6.29 Å². The van der Waals surface area contributed by atoms with Gasteiger partial charge in [-0.1, -0.05) is 41.9 Å². The second-order valence-electron chi connectivity index (χ2n) is 2.47. The van der Waals surface area contributed by atoms with Crippen LogP contribution in [0, 0.1) is 0 Å². The summed E-state index contributed by atoms with van der Waals surface area (Å²) >= 11 is 3.28. The van der Waals surface area contributed by atoms with E-state index in [2.05, 4.69) is 15.9 Å². The minimum absolute atomic E-state index is 0.149. The summed E-state index contributed by atoms with van der Waals surface area (Å²) in [6.07, 6.45) is 0.183. The zero-order chi connectivity index (χ0) is 11.0. The number of rotatable bonds is 3. The van der Waals surface area contributed by atoms with Crippen molar-refractivity contribution in [1.82, 2.24) is 0 Å². The number of aliphatic hydroxyl groups is 1. The van der Waals surface area contributed by atoms with E-state index in [4.69, 9.17) is 0 Å². The number of benzene rings is 1. The second-order valence-corrected chi connectivity index (χ2v) is 3.39. The number of hydrogen-bond acceptors (Lipinski definition) is 2. The lowest BCUT2D eigenvalue weighted by atomic mass is 10.1. The van der Waals surface area contributed by atoms with Gasteiger partial charge < -0.3 is 9.90 Å². The van der Waals surface area contributed by atoms with Gasteiger partial charge in [0.05, 0.1) is 6.10 Å². The van der Waals surface area contributed by atoms with Crippen LogP contribution >= 0.6 is 15.9 Å². The molecular weight excluding hydrogens is 244 g/mol. The Morgan fingerprint density at radius 1 is 1.50 bits per heavy atom. The highest BCUT2D eigenvalue weighted by molar-refractivity contribution is 9.10. The van der Waals surface area contributed by atoms with E-state index >= 15 is 0 Å². The highest BCUT2D eigenvalue weighted by atomic mass is 79.9. The largest absolute Gasteiger partial charge is 0.388 e. The van der Waals surface area contributed by atoms with E-state index in [9.17, 15) is 9.90 Å². The maximum Gasteiger partial charge on any atom is 0.122 e. The highest BCUT2D eigenvalue weighted by Crippen LogP contribution is 2.19. The fourth-order valence-corrected chi connectivity index (χ4v) is 1.36. The van der Waals surface area contributed by atoms with E-state index in [1.807, 2.05) is 26.0 Å². The molecule has 0 heterocycles. The Morgan fingerprint density at radius 3 is 2.64 bits per heavy atom. The van der Waals surface area contributed by atoms with Gasteiger partial charge in [0.15, 0.2) is 0 Å². The summed E-state index contributed by atoms with van der Waals surface area (Å²) in [5.74, 6) is 0. The Bertz CT molecular complexity index is 274. The molecule has 2 nitrogen and oxygen atoms in total. The predicted octanol–water partition coefficient (Wildman–Crippen LogP) is 3.10. The summed E-state index contributed by atoms with van der Waals surface area (Å²) in [4.78, 5) is 10.1. The zero-order valence-electron chi connectivity index (χ0n) is 8.40. The average Bonchev–Trinajstić information content (AvgIpc) is 2.21. The zero-order valence-corrected chi connectivity index (χ0v) is 9.99. The van der Waals surface area contributed by atoms with Gasteiger partial charge in [-0.3, -0.25) is 0 Å². The van der Waals surface area contributed by atoms with Crippen LogP contribution < -0.4 is 0 Å². The van der Waals surface area contributed by atoms with Crippen LogP contribution in [0.25, 0.3) is 0 Å². The molecule has 0 saturated carbocycles. The van der Waals surface area contributed by atoms with Gasteiger partial charge in [0.25, 0.3) is 0 Å². The average molecular weight is 259 g/mol. The number of aldehydes is 1. The topological polar surface area (TPSA) is 37.3 Å². The monoisotopic (exact) mass is 258 g/mol. The number of hydrogen-bond donors (Lipinski definition) is 1. The van der Waals surface area contributed by atoms with Gasteiger partial charge in [0.1, 0.15) is 6.29 Å². The first-order valence-electron chi connectivity index (χ1n) is 4.61. The molecule has 0 radical (unpaired) electrons. The van der Waals surface area contributed by atoms with E-state index in [-0.39, 0.29) is 6.42 Å². The molecule has 1 rings (SSSR count). The highest BCUT2D eigenvalue weighted by Gasteiger charge is 2.05. The normalized spacial score (nSPS) is 11.1. The Labute approximate surface area is 93.1 Å². The summed E-state index contributed by atoms with van der Waals surface area (Å²) in [7, 11) is 0. The van der Waals surface area contributed by atoms with Crippen molar-refractivity contribution in [2.45, 2.75) is 26.4 Å². The van der Waals surface area contributed by atoms with E-state index in [0.717, 1.165) is 10.0 Å². The van der Waals surface area contributed by atoms with Crippen molar-refractivity contribution in [1.29, 1.82) is 0 Å². The van der Waals surface area contributed by atoms with Gasteiger partial charge in [0.2, 0.25) is 0 Å². The van der Waals surface area contributed by atoms with Crippen LogP contribution in [0.2, 0.25) is 0 Å². The van der Waals surface area contributed by atoms with Crippen molar-refractivity contribution in [2.24, 2.45) is 0 Å². The van der Waals surface area contributed by atoms with Crippen molar-refractivity contribution in [3.63, 3.8) is 0 Å². The lowest BCUT2D eigenvalue weighted by molar-refractivity contribution is -0.109. The smallest absolute Gasteiger partial charge is 0.122 e. The summed E-state index contributed by atoms with van der Waals surface area (Å²) in [6, 6.07) is 7.29. The maximum absolute atomic E-state index is 10.1. The molecule has 1 atom stereocenters. The molecule has 0 bridgehead atoms. The van der Waals surface area contributed by atoms with Crippen LogP contribution in [0.1, 0.15) is 31.9 Å². The first kappa shape index (κ1) is 13.3. The van der Waals surface area contributed by atoms with Crippen LogP contribution in [0.5, 0.6) is 0 Å². The van der Waals surface area contributed by atoms with E-state index in [1.165, 1.54) is 0 Å². The Balaban J connectivity index is 0.000000791. The fourth-order valence-electron chi connectivity index (χ4n) is 0.941. The number of halogens is 1. The predicted molar refractivity (Wildman–Crippen MR) is 61.1 cm³/mol. The molecule has 0 aromatic heterocycles. The van der Waals surface area contributed by atoms with Crippen molar-refractivity contribution >= 4 is 22.2 Å². The summed E-state index contributed by atoms with van der Waals surface area (Å²) < 4.78 is 0.907. The molecule has 14 heavy (non-hydrogen) atoms. The van der Waals surface area contributed by atoms with Gasteiger partial charge in [-0.2, -0.15) is 0 Å². The molecule has 0 amide bonds. The molecule has 0 saturated heterocycles. The molecule has 0 aliphatic rings. The van der Waals surface area contributed by atoms with Crippen LogP contribution in [-0.2, 0) is 4.79 Å². The van der Waals surface area contributed by atoms with Crippen LogP contribution in [0.15, 0.2) is 28.7 Å². The van der Waals surface area contributed by atoms with Gasteiger partial charge in [0, 0.05) is 10.9 Å².